The number of imidazole rings is 1. The topological polar surface area (TPSA) is 120 Å². The molecule has 1 aromatic carbocycles. The second-order valence-electron chi connectivity index (χ2n) is 8.92. The van der Waals surface area contributed by atoms with Gasteiger partial charge in [-0.15, -0.1) is 0 Å². The second-order valence-corrected chi connectivity index (χ2v) is 10.1. The van der Waals surface area contributed by atoms with E-state index in [9.17, 15) is 4.79 Å². The van der Waals surface area contributed by atoms with Crippen LogP contribution in [0.15, 0.2) is 30.6 Å². The number of aromatic nitrogens is 4. The van der Waals surface area contributed by atoms with Crippen LogP contribution in [0, 0.1) is 0 Å². The predicted molar refractivity (Wildman–Crippen MR) is 136 cm³/mol. The molecule has 1 aliphatic heterocycles. The molecule has 2 fully saturated rings. The van der Waals surface area contributed by atoms with Gasteiger partial charge in [0.15, 0.2) is 17.0 Å². The fourth-order valence-electron chi connectivity index (χ4n) is 4.56. The zero-order valence-electron chi connectivity index (χ0n) is 19.4. The number of esters is 1. The Morgan fingerprint density at radius 2 is 1.97 bits per heavy atom. The molecule has 180 valence electrons. The van der Waals surface area contributed by atoms with Gasteiger partial charge in [-0.25, -0.2) is 9.78 Å². The minimum Gasteiger partial charge on any atom is -0.462 e. The Balaban J connectivity index is 1.45. The quantitative estimate of drug-likeness (QED) is 0.428. The lowest BCUT2D eigenvalue weighted by molar-refractivity contribution is 0.0526. The maximum atomic E-state index is 12.0. The van der Waals surface area contributed by atoms with Crippen molar-refractivity contribution in [2.24, 2.45) is 5.73 Å². The summed E-state index contributed by atoms with van der Waals surface area (Å²) in [5.41, 5.74) is 8.99. The van der Waals surface area contributed by atoms with Crippen LogP contribution in [0.5, 0.6) is 0 Å². The van der Waals surface area contributed by atoms with E-state index in [1.807, 2.05) is 30.2 Å². The highest BCUT2D eigenvalue weighted by atomic mass is 32.2. The first-order chi connectivity index (χ1) is 16.6. The molecule has 0 spiro atoms. The fraction of sp³-hybridized carbons (Fsp3) is 0.500. The number of carbonyl (C=O) groups is 1. The number of nitrogens with one attached hydrogen (secondary N) is 2. The molecule has 1 saturated heterocycles. The van der Waals surface area contributed by atoms with Gasteiger partial charge < -0.3 is 25.7 Å². The summed E-state index contributed by atoms with van der Waals surface area (Å²) in [5, 5.41) is 6.93. The number of hydrogen-bond donors (Lipinski definition) is 3. The van der Waals surface area contributed by atoms with Gasteiger partial charge in [-0.2, -0.15) is 21.7 Å². The van der Waals surface area contributed by atoms with Gasteiger partial charge in [0.2, 0.25) is 5.95 Å². The van der Waals surface area contributed by atoms with Crippen LogP contribution >= 0.6 is 11.8 Å². The van der Waals surface area contributed by atoms with Gasteiger partial charge in [-0.05, 0) is 69.0 Å². The van der Waals surface area contributed by atoms with E-state index in [0.29, 0.717) is 36.0 Å². The molecule has 2 aliphatic rings. The molecule has 0 radical (unpaired) electrons. The van der Waals surface area contributed by atoms with Crippen LogP contribution in [-0.4, -0.2) is 55.7 Å². The summed E-state index contributed by atoms with van der Waals surface area (Å²) in [6.45, 7) is 2.15. The van der Waals surface area contributed by atoms with Crippen LogP contribution in [-0.2, 0) is 4.74 Å². The Morgan fingerprint density at radius 3 is 2.68 bits per heavy atom. The van der Waals surface area contributed by atoms with Crippen LogP contribution in [0.4, 0.5) is 17.5 Å². The standard InChI is InChI=1S/C24H31N7O2S/c1-2-33-23(32)15-3-7-17(8-4-15)27-21-20-22(31(14-26-20)19-11-12-34-13-19)30-24(29-21)28-18-9-5-16(25)6-10-18/h3-4,7-8,14,16,18-19H,2,5-6,9-13,25H2,1H3,(H2,27,28,29,30)/t16-,18-,19?. The highest BCUT2D eigenvalue weighted by molar-refractivity contribution is 7.99. The monoisotopic (exact) mass is 481 g/mol. The SMILES string of the molecule is CCOC(=O)c1ccc(Nc2nc(N[C@H]3CC[C@H](N)CC3)nc3c2ncn3C2CCSC2)cc1. The van der Waals surface area contributed by atoms with Gasteiger partial charge in [0.1, 0.15) is 0 Å². The van der Waals surface area contributed by atoms with Crippen molar-refractivity contribution in [3.05, 3.63) is 36.2 Å². The lowest BCUT2D eigenvalue weighted by atomic mass is 9.92. The summed E-state index contributed by atoms with van der Waals surface area (Å²) >= 11 is 1.96. The number of ether oxygens (including phenoxy) is 1. The summed E-state index contributed by atoms with van der Waals surface area (Å²) in [6.07, 6.45) is 7.04. The van der Waals surface area contributed by atoms with Crippen molar-refractivity contribution in [1.29, 1.82) is 0 Å². The summed E-state index contributed by atoms with van der Waals surface area (Å²) in [5.74, 6) is 3.14. The molecule has 10 heteroatoms. The number of anilines is 3. The van der Waals surface area contributed by atoms with E-state index in [1.165, 1.54) is 0 Å². The predicted octanol–water partition coefficient (Wildman–Crippen LogP) is 4.11. The minimum absolute atomic E-state index is 0.289. The summed E-state index contributed by atoms with van der Waals surface area (Å²) in [6, 6.07) is 8.18. The molecule has 3 heterocycles. The van der Waals surface area contributed by atoms with Gasteiger partial charge in [-0.1, -0.05) is 0 Å². The van der Waals surface area contributed by atoms with Gasteiger partial charge in [0.05, 0.1) is 18.5 Å². The normalized spacial score (nSPS) is 22.6. The molecule has 1 saturated carbocycles. The lowest BCUT2D eigenvalue weighted by Crippen LogP contribution is -2.33. The van der Waals surface area contributed by atoms with Crippen molar-refractivity contribution >= 4 is 46.3 Å². The molecule has 4 N–H and O–H groups in total. The highest BCUT2D eigenvalue weighted by Gasteiger charge is 2.24. The number of hydrogen-bond acceptors (Lipinski definition) is 9. The van der Waals surface area contributed by atoms with Crippen molar-refractivity contribution in [3.8, 4) is 0 Å². The summed E-state index contributed by atoms with van der Waals surface area (Å²) in [7, 11) is 0. The number of nitrogens with zero attached hydrogens (tertiary/aromatic N) is 4. The largest absolute Gasteiger partial charge is 0.462 e. The number of carbonyl (C=O) groups excluding carboxylic acids is 1. The molecule has 0 bridgehead atoms. The first-order valence-electron chi connectivity index (χ1n) is 12.0. The third kappa shape index (κ3) is 4.97. The Labute approximate surface area is 203 Å². The molecule has 5 rings (SSSR count). The van der Waals surface area contributed by atoms with Crippen molar-refractivity contribution in [2.45, 2.75) is 57.2 Å². The molecule has 1 unspecified atom stereocenters. The molecule has 0 amide bonds. The lowest BCUT2D eigenvalue weighted by Gasteiger charge is -2.27. The second kappa shape index (κ2) is 10.2. The van der Waals surface area contributed by atoms with Gasteiger partial charge in [-0.3, -0.25) is 0 Å². The zero-order chi connectivity index (χ0) is 23.5. The van der Waals surface area contributed by atoms with Crippen molar-refractivity contribution in [2.75, 3.05) is 28.7 Å². The molecule has 2 aromatic heterocycles. The van der Waals surface area contributed by atoms with Crippen LogP contribution in [0.25, 0.3) is 11.2 Å². The molecule has 3 aromatic rings. The van der Waals surface area contributed by atoms with E-state index in [0.717, 1.165) is 60.5 Å². The van der Waals surface area contributed by atoms with E-state index in [1.54, 1.807) is 19.1 Å². The van der Waals surface area contributed by atoms with Crippen LogP contribution in [0.2, 0.25) is 0 Å². The van der Waals surface area contributed by atoms with E-state index >= 15 is 0 Å². The molecule has 1 aliphatic carbocycles. The zero-order valence-corrected chi connectivity index (χ0v) is 20.2. The number of thioether (sulfide) groups is 1. The van der Waals surface area contributed by atoms with Crippen molar-refractivity contribution < 1.29 is 9.53 Å². The van der Waals surface area contributed by atoms with Crippen LogP contribution in [0.1, 0.15) is 55.4 Å². The van der Waals surface area contributed by atoms with E-state index in [2.05, 4.69) is 20.2 Å². The van der Waals surface area contributed by atoms with E-state index < -0.39 is 0 Å². The Kier molecular flexibility index (Phi) is 6.87. The van der Waals surface area contributed by atoms with Crippen LogP contribution < -0.4 is 16.4 Å². The van der Waals surface area contributed by atoms with Crippen molar-refractivity contribution in [1.82, 2.24) is 19.5 Å². The number of fused-ring (bicyclic) bond motifs is 1. The fourth-order valence-corrected chi connectivity index (χ4v) is 5.77. The maximum absolute atomic E-state index is 12.0. The average molecular weight is 482 g/mol. The maximum Gasteiger partial charge on any atom is 0.338 e. The first kappa shape index (κ1) is 22.9. The minimum atomic E-state index is -0.328. The van der Waals surface area contributed by atoms with Gasteiger partial charge >= 0.3 is 5.97 Å². The number of nitrogens with two attached hydrogens (primary N) is 1. The van der Waals surface area contributed by atoms with Gasteiger partial charge in [0.25, 0.3) is 0 Å². The third-order valence-electron chi connectivity index (χ3n) is 6.48. The van der Waals surface area contributed by atoms with Gasteiger partial charge in [0, 0.05) is 29.6 Å². The van der Waals surface area contributed by atoms with E-state index in [-0.39, 0.29) is 12.0 Å². The van der Waals surface area contributed by atoms with Crippen LogP contribution in [0.3, 0.4) is 0 Å². The smallest absolute Gasteiger partial charge is 0.338 e. The van der Waals surface area contributed by atoms with E-state index in [4.69, 9.17) is 20.4 Å². The molecular weight excluding hydrogens is 450 g/mol. The molecule has 9 nitrogen and oxygen atoms in total. The third-order valence-corrected chi connectivity index (χ3v) is 7.63. The van der Waals surface area contributed by atoms with Crippen molar-refractivity contribution in [3.63, 3.8) is 0 Å². The molecule has 1 atom stereocenters. The Hall–Kier alpha value is -2.85. The highest BCUT2D eigenvalue weighted by Crippen LogP contribution is 2.33. The summed E-state index contributed by atoms with van der Waals surface area (Å²) < 4.78 is 7.27. The first-order valence-corrected chi connectivity index (χ1v) is 13.1. The molecular formula is C24H31N7O2S. The Morgan fingerprint density at radius 1 is 1.18 bits per heavy atom. The average Bonchev–Trinajstić information content (AvgIpc) is 3.51. The number of benzene rings is 1. The number of rotatable bonds is 7. The Bertz CT molecular complexity index is 1140. The summed E-state index contributed by atoms with van der Waals surface area (Å²) in [4.78, 5) is 26.3. The molecule has 34 heavy (non-hydrogen) atoms.